The van der Waals surface area contributed by atoms with Gasteiger partial charge in [0.05, 0.1) is 13.7 Å². The number of methoxy groups -OCH3 is 1. The molecule has 0 saturated heterocycles. The summed E-state index contributed by atoms with van der Waals surface area (Å²) in [5.41, 5.74) is 2.89. The minimum absolute atomic E-state index is 0.338. The van der Waals surface area contributed by atoms with Crippen molar-refractivity contribution in [3.63, 3.8) is 0 Å². The summed E-state index contributed by atoms with van der Waals surface area (Å²) in [6.45, 7) is 2.36. The molecule has 0 aliphatic rings. The summed E-state index contributed by atoms with van der Waals surface area (Å²) in [6, 6.07) is 13.4. The molecule has 0 radical (unpaired) electrons. The molecule has 0 spiro atoms. The van der Waals surface area contributed by atoms with Gasteiger partial charge in [0.2, 0.25) is 11.7 Å². The van der Waals surface area contributed by atoms with Gasteiger partial charge in [0, 0.05) is 15.7 Å². The molecule has 1 heterocycles. The summed E-state index contributed by atoms with van der Waals surface area (Å²) < 4.78 is 11.5. The Bertz CT molecular complexity index is 912. The molecule has 6 nitrogen and oxygen atoms in total. The highest BCUT2D eigenvalue weighted by Crippen LogP contribution is 2.21. The molecule has 0 saturated carbocycles. The van der Waals surface area contributed by atoms with Crippen molar-refractivity contribution in [3.8, 4) is 17.1 Å². The lowest BCUT2D eigenvalue weighted by Gasteiger charge is -2.10. The van der Waals surface area contributed by atoms with Gasteiger partial charge in [-0.2, -0.15) is 4.98 Å². The van der Waals surface area contributed by atoms with Gasteiger partial charge in [-0.3, -0.25) is 0 Å². The number of halogens is 1. The first-order chi connectivity index (χ1) is 12.5. The van der Waals surface area contributed by atoms with Crippen LogP contribution >= 0.6 is 28.1 Å². The van der Waals surface area contributed by atoms with E-state index in [1.54, 1.807) is 7.11 Å². The van der Waals surface area contributed by atoms with Gasteiger partial charge in [0.1, 0.15) is 5.75 Å². The van der Waals surface area contributed by atoms with E-state index in [-0.39, 0.29) is 0 Å². The van der Waals surface area contributed by atoms with Crippen LogP contribution in [0, 0.1) is 6.92 Å². The molecule has 3 aromatic rings. The molecule has 0 atom stereocenters. The number of thiocarbonyl (C=S) groups is 1. The van der Waals surface area contributed by atoms with Crippen LogP contribution in [-0.2, 0) is 6.54 Å². The zero-order valence-corrected chi connectivity index (χ0v) is 16.6. The Labute approximate surface area is 165 Å². The fourth-order valence-electron chi connectivity index (χ4n) is 2.24. The van der Waals surface area contributed by atoms with Crippen LogP contribution in [0.5, 0.6) is 5.75 Å². The average molecular weight is 433 g/mol. The summed E-state index contributed by atoms with van der Waals surface area (Å²) in [7, 11) is 1.62. The van der Waals surface area contributed by atoms with E-state index in [1.807, 2.05) is 49.4 Å². The van der Waals surface area contributed by atoms with Gasteiger partial charge < -0.3 is 19.9 Å². The highest BCUT2D eigenvalue weighted by molar-refractivity contribution is 9.10. The second-order valence-electron chi connectivity index (χ2n) is 5.51. The fraction of sp³-hybridized carbons (Fsp3) is 0.167. The van der Waals surface area contributed by atoms with Crippen LogP contribution in [0.2, 0.25) is 0 Å². The fourth-order valence-corrected chi connectivity index (χ4v) is 2.67. The number of nitrogens with one attached hydrogen (secondary N) is 2. The number of hydrogen-bond donors (Lipinski definition) is 2. The Morgan fingerprint density at radius 3 is 2.69 bits per heavy atom. The minimum Gasteiger partial charge on any atom is -0.497 e. The molecule has 2 N–H and O–H groups in total. The van der Waals surface area contributed by atoms with E-state index in [2.05, 4.69) is 36.7 Å². The Morgan fingerprint density at radius 2 is 2.00 bits per heavy atom. The van der Waals surface area contributed by atoms with Crippen molar-refractivity contribution < 1.29 is 9.26 Å². The predicted molar refractivity (Wildman–Crippen MR) is 108 cm³/mol. The van der Waals surface area contributed by atoms with E-state index in [4.69, 9.17) is 21.5 Å². The first kappa shape index (κ1) is 18.3. The second-order valence-corrected chi connectivity index (χ2v) is 6.77. The highest BCUT2D eigenvalue weighted by atomic mass is 79.9. The van der Waals surface area contributed by atoms with Crippen molar-refractivity contribution in [2.75, 3.05) is 12.4 Å². The lowest BCUT2D eigenvalue weighted by Crippen LogP contribution is -2.28. The van der Waals surface area contributed by atoms with Crippen molar-refractivity contribution in [2.24, 2.45) is 0 Å². The van der Waals surface area contributed by atoms with Gasteiger partial charge in [-0.05, 0) is 67.2 Å². The number of benzene rings is 2. The Kier molecular flexibility index (Phi) is 5.85. The molecule has 0 aliphatic carbocycles. The Morgan fingerprint density at radius 1 is 1.23 bits per heavy atom. The van der Waals surface area contributed by atoms with E-state index in [0.29, 0.717) is 23.4 Å². The standard InChI is InChI=1S/C18H17BrN4O2S/c1-11-9-13(5-8-15(11)19)21-18(26)20-10-16-22-17(23-25-16)12-3-6-14(24-2)7-4-12/h3-9H,10H2,1-2H3,(H2,20,21,26). The monoisotopic (exact) mass is 432 g/mol. The van der Waals surface area contributed by atoms with Crippen molar-refractivity contribution in [2.45, 2.75) is 13.5 Å². The van der Waals surface area contributed by atoms with Crippen molar-refractivity contribution in [1.82, 2.24) is 15.5 Å². The third-order valence-corrected chi connectivity index (χ3v) is 4.77. The SMILES string of the molecule is COc1ccc(-c2noc(CNC(=S)Nc3ccc(Br)c(C)c3)n2)cc1. The van der Waals surface area contributed by atoms with Gasteiger partial charge in [-0.25, -0.2) is 0 Å². The maximum Gasteiger partial charge on any atom is 0.246 e. The second kappa shape index (κ2) is 8.29. The zero-order valence-electron chi connectivity index (χ0n) is 14.2. The average Bonchev–Trinajstić information content (AvgIpc) is 3.12. The summed E-state index contributed by atoms with van der Waals surface area (Å²) in [5, 5.41) is 10.7. The van der Waals surface area contributed by atoms with Crippen LogP contribution < -0.4 is 15.4 Å². The lowest BCUT2D eigenvalue weighted by atomic mass is 10.2. The normalized spacial score (nSPS) is 10.4. The van der Waals surface area contributed by atoms with Gasteiger partial charge >= 0.3 is 0 Å². The molecule has 0 unspecified atom stereocenters. The Hall–Kier alpha value is -2.45. The van der Waals surface area contributed by atoms with Crippen LogP contribution in [0.1, 0.15) is 11.5 Å². The van der Waals surface area contributed by atoms with Gasteiger partial charge in [-0.1, -0.05) is 21.1 Å². The maximum absolute atomic E-state index is 5.30. The molecule has 8 heteroatoms. The molecular weight excluding hydrogens is 416 g/mol. The van der Waals surface area contributed by atoms with Crippen LogP contribution in [0.3, 0.4) is 0 Å². The first-order valence-corrected chi connectivity index (χ1v) is 9.03. The van der Waals surface area contributed by atoms with E-state index in [0.717, 1.165) is 27.0 Å². The van der Waals surface area contributed by atoms with Gasteiger partial charge in [-0.15, -0.1) is 0 Å². The van der Waals surface area contributed by atoms with Crippen molar-refractivity contribution >= 4 is 38.9 Å². The number of nitrogens with zero attached hydrogens (tertiary/aromatic N) is 2. The quantitative estimate of drug-likeness (QED) is 0.582. The minimum atomic E-state index is 0.338. The number of rotatable bonds is 5. The summed E-state index contributed by atoms with van der Waals surface area (Å²) in [5.74, 6) is 1.75. The molecule has 0 bridgehead atoms. The third-order valence-electron chi connectivity index (χ3n) is 3.63. The van der Waals surface area contributed by atoms with Crippen LogP contribution in [0.15, 0.2) is 51.5 Å². The lowest BCUT2D eigenvalue weighted by molar-refractivity contribution is 0.376. The smallest absolute Gasteiger partial charge is 0.246 e. The summed E-state index contributed by atoms with van der Waals surface area (Å²) in [4.78, 5) is 4.37. The maximum atomic E-state index is 5.30. The molecule has 1 aromatic heterocycles. The van der Waals surface area contributed by atoms with Crippen LogP contribution in [0.4, 0.5) is 5.69 Å². The molecule has 0 fully saturated rings. The van der Waals surface area contributed by atoms with Gasteiger partial charge in [0.15, 0.2) is 5.11 Å². The number of anilines is 1. The van der Waals surface area contributed by atoms with Gasteiger partial charge in [0.25, 0.3) is 0 Å². The largest absolute Gasteiger partial charge is 0.497 e. The van der Waals surface area contributed by atoms with Crippen LogP contribution in [-0.4, -0.2) is 22.4 Å². The number of aryl methyl sites for hydroxylation is 1. The number of ether oxygens (including phenoxy) is 1. The van der Waals surface area contributed by atoms with E-state index in [9.17, 15) is 0 Å². The van der Waals surface area contributed by atoms with E-state index in [1.165, 1.54) is 0 Å². The molecule has 0 aliphatic heterocycles. The van der Waals surface area contributed by atoms with E-state index < -0.39 is 0 Å². The van der Waals surface area contributed by atoms with Crippen molar-refractivity contribution in [1.29, 1.82) is 0 Å². The summed E-state index contributed by atoms with van der Waals surface area (Å²) in [6.07, 6.45) is 0. The molecule has 26 heavy (non-hydrogen) atoms. The topological polar surface area (TPSA) is 72.2 Å². The number of hydrogen-bond acceptors (Lipinski definition) is 5. The Balaban J connectivity index is 1.56. The highest BCUT2D eigenvalue weighted by Gasteiger charge is 2.09. The molecule has 2 aromatic carbocycles. The molecule has 134 valence electrons. The molecule has 3 rings (SSSR count). The third kappa shape index (κ3) is 4.59. The molecular formula is C18H17BrN4O2S. The zero-order chi connectivity index (χ0) is 18.5. The van der Waals surface area contributed by atoms with Crippen LogP contribution in [0.25, 0.3) is 11.4 Å². The van der Waals surface area contributed by atoms with E-state index >= 15 is 0 Å². The number of aromatic nitrogens is 2. The first-order valence-electron chi connectivity index (χ1n) is 7.83. The predicted octanol–water partition coefficient (Wildman–Crippen LogP) is 4.30. The summed E-state index contributed by atoms with van der Waals surface area (Å²) >= 11 is 8.78. The van der Waals surface area contributed by atoms with Crippen molar-refractivity contribution in [3.05, 3.63) is 58.4 Å². The molecule has 0 amide bonds.